The Morgan fingerprint density at radius 1 is 1.47 bits per heavy atom. The van der Waals surface area contributed by atoms with Gasteiger partial charge in [0.2, 0.25) is 0 Å². The number of nitrogens with one attached hydrogen (secondary N) is 2. The molecule has 7 nitrogen and oxygen atoms in total. The summed E-state index contributed by atoms with van der Waals surface area (Å²) in [6.45, 7) is 2.74. The van der Waals surface area contributed by atoms with Crippen molar-refractivity contribution in [1.82, 2.24) is 20.2 Å². The third kappa shape index (κ3) is 5.01. The van der Waals surface area contributed by atoms with Crippen molar-refractivity contribution in [1.29, 1.82) is 0 Å². The molecule has 0 fully saturated rings. The molecule has 17 heavy (non-hydrogen) atoms. The summed E-state index contributed by atoms with van der Waals surface area (Å²) in [7, 11) is 0. The van der Waals surface area contributed by atoms with Gasteiger partial charge in [0.15, 0.2) is 0 Å². The molecule has 2 amide bonds. The third-order valence-electron chi connectivity index (χ3n) is 2.21. The molecule has 0 radical (unpaired) electrons. The molecule has 7 heteroatoms. The normalized spacial score (nSPS) is 11.8. The number of aromatic nitrogens is 2. The first-order valence-electron chi connectivity index (χ1n) is 5.30. The fourth-order valence-corrected chi connectivity index (χ4v) is 1.11. The van der Waals surface area contributed by atoms with Gasteiger partial charge in [-0.05, 0) is 0 Å². The lowest BCUT2D eigenvalue weighted by molar-refractivity contribution is -0.140. The van der Waals surface area contributed by atoms with Crippen LogP contribution in [0, 0.1) is 5.92 Å². The third-order valence-corrected chi connectivity index (χ3v) is 2.21. The lowest BCUT2D eigenvalue weighted by Gasteiger charge is -2.09. The molecule has 0 bridgehead atoms. The molecule has 1 heterocycles. The molecule has 1 aromatic rings. The largest absolute Gasteiger partial charge is 0.481 e. The maximum atomic E-state index is 11.3. The van der Waals surface area contributed by atoms with Crippen LogP contribution in [-0.2, 0) is 11.3 Å². The van der Waals surface area contributed by atoms with Gasteiger partial charge >= 0.3 is 12.0 Å². The highest BCUT2D eigenvalue weighted by molar-refractivity contribution is 5.75. The van der Waals surface area contributed by atoms with Crippen LogP contribution in [0.5, 0.6) is 0 Å². The van der Waals surface area contributed by atoms with E-state index >= 15 is 0 Å². The maximum Gasteiger partial charge on any atom is 0.314 e. The summed E-state index contributed by atoms with van der Waals surface area (Å²) in [6.07, 6.45) is 5.12. The number of nitrogens with zero attached hydrogens (tertiary/aromatic N) is 2. The molecule has 0 saturated carbocycles. The average molecular weight is 240 g/mol. The number of aliphatic carboxylic acids is 1. The van der Waals surface area contributed by atoms with Gasteiger partial charge in [0.25, 0.3) is 0 Å². The van der Waals surface area contributed by atoms with Crippen molar-refractivity contribution >= 4 is 12.0 Å². The summed E-state index contributed by atoms with van der Waals surface area (Å²) in [5.41, 5.74) is 0. The van der Waals surface area contributed by atoms with Crippen LogP contribution in [0.4, 0.5) is 4.79 Å². The molecule has 0 aliphatic carbocycles. The van der Waals surface area contributed by atoms with Gasteiger partial charge in [-0.25, -0.2) is 9.78 Å². The number of carbonyl (C=O) groups is 2. The summed E-state index contributed by atoms with van der Waals surface area (Å²) < 4.78 is 1.83. The van der Waals surface area contributed by atoms with Crippen molar-refractivity contribution in [2.24, 2.45) is 5.92 Å². The SMILES string of the molecule is CC(CNC(=O)NCCn1ccnc1)C(=O)O. The van der Waals surface area contributed by atoms with Gasteiger partial charge in [-0.2, -0.15) is 0 Å². The molecule has 1 aromatic heterocycles. The lowest BCUT2D eigenvalue weighted by atomic mass is 10.2. The second kappa shape index (κ2) is 6.51. The number of rotatable bonds is 6. The summed E-state index contributed by atoms with van der Waals surface area (Å²) in [6, 6.07) is -0.363. The molecule has 1 unspecified atom stereocenters. The molecular formula is C10H16N4O3. The second-order valence-electron chi connectivity index (χ2n) is 3.68. The number of imidazole rings is 1. The molecule has 0 saturated heterocycles. The quantitative estimate of drug-likeness (QED) is 0.647. The van der Waals surface area contributed by atoms with Crippen LogP contribution in [0.15, 0.2) is 18.7 Å². The Morgan fingerprint density at radius 3 is 2.82 bits per heavy atom. The topological polar surface area (TPSA) is 96.3 Å². The van der Waals surface area contributed by atoms with Gasteiger partial charge in [-0.15, -0.1) is 0 Å². The molecule has 1 atom stereocenters. The van der Waals surface area contributed by atoms with Crippen molar-refractivity contribution in [3.63, 3.8) is 0 Å². The highest BCUT2D eigenvalue weighted by Crippen LogP contribution is 1.90. The van der Waals surface area contributed by atoms with Gasteiger partial charge in [0, 0.05) is 32.0 Å². The van der Waals surface area contributed by atoms with Crippen LogP contribution in [0.1, 0.15) is 6.92 Å². The van der Waals surface area contributed by atoms with E-state index in [4.69, 9.17) is 5.11 Å². The monoisotopic (exact) mass is 240 g/mol. The first-order chi connectivity index (χ1) is 8.09. The molecule has 94 valence electrons. The van der Waals surface area contributed by atoms with E-state index in [-0.39, 0.29) is 12.6 Å². The van der Waals surface area contributed by atoms with Crippen LogP contribution in [-0.4, -0.2) is 39.7 Å². The fourth-order valence-electron chi connectivity index (χ4n) is 1.11. The van der Waals surface area contributed by atoms with E-state index in [1.54, 1.807) is 18.7 Å². The minimum atomic E-state index is -0.927. The smallest absolute Gasteiger partial charge is 0.314 e. The number of hydrogen-bond donors (Lipinski definition) is 3. The zero-order chi connectivity index (χ0) is 12.7. The summed E-state index contributed by atoms with van der Waals surface area (Å²) in [4.78, 5) is 25.6. The van der Waals surface area contributed by atoms with E-state index in [0.717, 1.165) is 0 Å². The number of amides is 2. The Kier molecular flexibility index (Phi) is 4.99. The number of carboxylic acid groups (broad SMARTS) is 1. The predicted octanol–water partition coefficient (Wildman–Crippen LogP) is -0.0970. The first kappa shape index (κ1) is 13.0. The molecule has 0 aromatic carbocycles. The van der Waals surface area contributed by atoms with Crippen LogP contribution < -0.4 is 10.6 Å². The molecule has 0 aliphatic heterocycles. The zero-order valence-electron chi connectivity index (χ0n) is 9.59. The Morgan fingerprint density at radius 2 is 2.24 bits per heavy atom. The number of urea groups is 1. The Balaban J connectivity index is 2.11. The maximum absolute atomic E-state index is 11.3. The summed E-state index contributed by atoms with van der Waals surface area (Å²) in [5, 5.41) is 13.7. The fraction of sp³-hybridized carbons (Fsp3) is 0.500. The zero-order valence-corrected chi connectivity index (χ0v) is 9.59. The summed E-state index contributed by atoms with van der Waals surface area (Å²) in [5.74, 6) is -1.52. The van der Waals surface area contributed by atoms with Gasteiger partial charge < -0.3 is 20.3 Å². The van der Waals surface area contributed by atoms with Crippen LogP contribution in [0.25, 0.3) is 0 Å². The predicted molar refractivity (Wildman–Crippen MR) is 60.4 cm³/mol. The molecule has 0 aliphatic rings. The van der Waals surface area contributed by atoms with Crippen molar-refractivity contribution in [2.75, 3.05) is 13.1 Å². The summed E-state index contributed by atoms with van der Waals surface area (Å²) >= 11 is 0. The van der Waals surface area contributed by atoms with Gasteiger partial charge in [-0.1, -0.05) is 6.92 Å². The van der Waals surface area contributed by atoms with E-state index in [2.05, 4.69) is 15.6 Å². The molecule has 1 rings (SSSR count). The van der Waals surface area contributed by atoms with Gasteiger partial charge in [0.05, 0.1) is 12.2 Å². The number of hydrogen-bond acceptors (Lipinski definition) is 3. The van der Waals surface area contributed by atoms with E-state index in [1.165, 1.54) is 6.92 Å². The van der Waals surface area contributed by atoms with Crippen molar-refractivity contribution in [2.45, 2.75) is 13.5 Å². The van der Waals surface area contributed by atoms with Crippen LogP contribution in [0.3, 0.4) is 0 Å². The average Bonchev–Trinajstić information content (AvgIpc) is 2.78. The molecule has 0 spiro atoms. The second-order valence-corrected chi connectivity index (χ2v) is 3.68. The molecule has 3 N–H and O–H groups in total. The first-order valence-corrected chi connectivity index (χ1v) is 5.30. The van der Waals surface area contributed by atoms with Crippen LogP contribution >= 0.6 is 0 Å². The van der Waals surface area contributed by atoms with Crippen molar-refractivity contribution in [3.8, 4) is 0 Å². The number of carbonyl (C=O) groups excluding carboxylic acids is 1. The van der Waals surface area contributed by atoms with E-state index < -0.39 is 11.9 Å². The standard InChI is InChI=1S/C10H16N4O3/c1-8(9(15)16)6-13-10(17)12-3-5-14-4-2-11-7-14/h2,4,7-8H,3,5-6H2,1H3,(H,15,16)(H2,12,13,17). The lowest BCUT2D eigenvalue weighted by Crippen LogP contribution is -2.40. The van der Waals surface area contributed by atoms with E-state index in [1.807, 2.05) is 4.57 Å². The molecular weight excluding hydrogens is 224 g/mol. The van der Waals surface area contributed by atoms with Gasteiger partial charge in [-0.3, -0.25) is 4.79 Å². The Bertz CT molecular complexity index is 364. The Hall–Kier alpha value is -2.05. The minimum Gasteiger partial charge on any atom is -0.481 e. The van der Waals surface area contributed by atoms with Gasteiger partial charge in [0.1, 0.15) is 0 Å². The highest BCUT2D eigenvalue weighted by Gasteiger charge is 2.11. The number of carboxylic acids is 1. The van der Waals surface area contributed by atoms with Crippen molar-refractivity contribution in [3.05, 3.63) is 18.7 Å². The van der Waals surface area contributed by atoms with E-state index in [9.17, 15) is 9.59 Å². The van der Waals surface area contributed by atoms with E-state index in [0.29, 0.717) is 13.1 Å². The Labute approximate surface area is 98.8 Å². The minimum absolute atomic E-state index is 0.117. The highest BCUT2D eigenvalue weighted by atomic mass is 16.4. The van der Waals surface area contributed by atoms with Crippen molar-refractivity contribution < 1.29 is 14.7 Å². The van der Waals surface area contributed by atoms with Crippen LogP contribution in [0.2, 0.25) is 0 Å².